The third kappa shape index (κ3) is 2.30. The Kier molecular flexibility index (Phi) is 3.19. The maximum Gasteiger partial charge on any atom is 0.119 e. The van der Waals surface area contributed by atoms with E-state index in [0.717, 1.165) is 17.1 Å². The molecule has 0 radical (unpaired) electrons. The molecule has 1 N–H and O–H groups in total. The fourth-order valence-electron chi connectivity index (χ4n) is 3.08. The van der Waals surface area contributed by atoms with E-state index in [-0.39, 0.29) is 0 Å². The lowest BCUT2D eigenvalue weighted by atomic mass is 10.1. The Balaban J connectivity index is 1.76. The first-order valence-corrected chi connectivity index (χ1v) is 7.64. The summed E-state index contributed by atoms with van der Waals surface area (Å²) >= 11 is 0. The average molecular weight is 302 g/mol. The summed E-state index contributed by atoms with van der Waals surface area (Å²) in [5, 5.41) is 6.02. The largest absolute Gasteiger partial charge is 0.497 e. The van der Waals surface area contributed by atoms with Crippen molar-refractivity contribution < 1.29 is 4.74 Å². The molecule has 0 spiro atoms. The fourth-order valence-corrected chi connectivity index (χ4v) is 3.08. The van der Waals surface area contributed by atoms with Crippen LogP contribution in [0.2, 0.25) is 0 Å². The topological polar surface area (TPSA) is 26.2 Å². The van der Waals surface area contributed by atoms with Crippen molar-refractivity contribution in [2.75, 3.05) is 12.4 Å². The monoisotopic (exact) mass is 302 g/mol. The van der Waals surface area contributed by atoms with E-state index in [1.807, 2.05) is 24.3 Å². The lowest BCUT2D eigenvalue weighted by Gasteiger charge is -2.08. The molecule has 0 amide bonds. The highest BCUT2D eigenvalue weighted by Gasteiger charge is 2.08. The number of anilines is 2. The van der Waals surface area contributed by atoms with Crippen LogP contribution in [-0.2, 0) is 7.05 Å². The molecule has 23 heavy (non-hydrogen) atoms. The summed E-state index contributed by atoms with van der Waals surface area (Å²) < 4.78 is 7.44. The average Bonchev–Trinajstić information content (AvgIpc) is 2.89. The number of hydrogen-bond donors (Lipinski definition) is 1. The molecule has 0 bridgehead atoms. The second-order valence-electron chi connectivity index (χ2n) is 5.66. The van der Waals surface area contributed by atoms with Crippen LogP contribution < -0.4 is 10.1 Å². The maximum atomic E-state index is 5.20. The molecule has 3 aromatic carbocycles. The third-order valence-electron chi connectivity index (χ3n) is 4.29. The first-order valence-electron chi connectivity index (χ1n) is 7.64. The van der Waals surface area contributed by atoms with Crippen LogP contribution in [0.3, 0.4) is 0 Å². The number of methoxy groups -OCH3 is 1. The zero-order valence-electron chi connectivity index (χ0n) is 13.2. The van der Waals surface area contributed by atoms with Crippen LogP contribution in [0.4, 0.5) is 11.4 Å². The lowest BCUT2D eigenvalue weighted by Crippen LogP contribution is -1.92. The van der Waals surface area contributed by atoms with Gasteiger partial charge in [-0.25, -0.2) is 0 Å². The van der Waals surface area contributed by atoms with Gasteiger partial charge in [-0.2, -0.15) is 0 Å². The standard InChI is InChI=1S/C20H18N2O/c1-22-19-6-4-3-5-17(19)18-12-9-15(13-20(18)22)21-14-7-10-16(23-2)11-8-14/h3-13,21H,1-2H3. The molecule has 114 valence electrons. The third-order valence-corrected chi connectivity index (χ3v) is 4.29. The lowest BCUT2D eigenvalue weighted by molar-refractivity contribution is 0.415. The van der Waals surface area contributed by atoms with Crippen LogP contribution in [0.25, 0.3) is 21.8 Å². The molecule has 0 atom stereocenters. The van der Waals surface area contributed by atoms with Gasteiger partial charge in [0, 0.05) is 34.7 Å². The Morgan fingerprint density at radius 2 is 1.48 bits per heavy atom. The van der Waals surface area contributed by atoms with E-state index in [4.69, 9.17) is 4.74 Å². The number of aryl methyl sites for hydroxylation is 1. The molecular formula is C20H18N2O. The number of aromatic nitrogens is 1. The number of benzene rings is 3. The van der Waals surface area contributed by atoms with Crippen molar-refractivity contribution in [3.63, 3.8) is 0 Å². The fraction of sp³-hybridized carbons (Fsp3) is 0.100. The summed E-state index contributed by atoms with van der Waals surface area (Å²) in [7, 11) is 3.79. The second kappa shape index (κ2) is 5.36. The number of para-hydroxylation sites is 1. The number of ether oxygens (including phenoxy) is 1. The van der Waals surface area contributed by atoms with Gasteiger partial charge in [0.25, 0.3) is 0 Å². The molecule has 1 heterocycles. The molecule has 4 rings (SSSR count). The summed E-state index contributed by atoms with van der Waals surface area (Å²) in [6.45, 7) is 0. The first-order chi connectivity index (χ1) is 11.3. The van der Waals surface area contributed by atoms with E-state index in [0.29, 0.717) is 0 Å². The number of nitrogens with zero attached hydrogens (tertiary/aromatic N) is 1. The van der Waals surface area contributed by atoms with Gasteiger partial charge in [-0.3, -0.25) is 0 Å². The molecule has 0 saturated heterocycles. The summed E-state index contributed by atoms with van der Waals surface area (Å²) in [4.78, 5) is 0. The second-order valence-corrected chi connectivity index (χ2v) is 5.66. The van der Waals surface area contributed by atoms with E-state index in [1.54, 1.807) is 7.11 Å². The Bertz CT molecular complexity index is 984. The van der Waals surface area contributed by atoms with Crippen LogP contribution in [0.15, 0.2) is 66.7 Å². The van der Waals surface area contributed by atoms with Gasteiger partial charge in [-0.1, -0.05) is 24.3 Å². The van der Waals surface area contributed by atoms with Gasteiger partial charge in [-0.05, 0) is 42.5 Å². The first kappa shape index (κ1) is 13.7. The van der Waals surface area contributed by atoms with Crippen molar-refractivity contribution in [1.82, 2.24) is 4.57 Å². The predicted octanol–water partition coefficient (Wildman–Crippen LogP) is 5.08. The van der Waals surface area contributed by atoms with E-state index in [1.165, 1.54) is 21.8 Å². The van der Waals surface area contributed by atoms with Crippen LogP contribution in [0.1, 0.15) is 0 Å². The van der Waals surface area contributed by atoms with Gasteiger partial charge in [0.2, 0.25) is 0 Å². The van der Waals surface area contributed by atoms with E-state index in [2.05, 4.69) is 59.4 Å². The van der Waals surface area contributed by atoms with E-state index >= 15 is 0 Å². The zero-order chi connectivity index (χ0) is 15.8. The highest BCUT2D eigenvalue weighted by atomic mass is 16.5. The molecule has 4 aromatic rings. The molecule has 1 aromatic heterocycles. The van der Waals surface area contributed by atoms with Crippen molar-refractivity contribution in [3.05, 3.63) is 66.7 Å². The quantitative estimate of drug-likeness (QED) is 0.571. The number of fused-ring (bicyclic) bond motifs is 3. The van der Waals surface area contributed by atoms with Gasteiger partial charge in [0.05, 0.1) is 12.6 Å². The molecule has 3 heteroatoms. The molecular weight excluding hydrogens is 284 g/mol. The Hall–Kier alpha value is -2.94. The smallest absolute Gasteiger partial charge is 0.119 e. The highest BCUT2D eigenvalue weighted by molar-refractivity contribution is 6.08. The molecule has 0 unspecified atom stereocenters. The summed E-state index contributed by atoms with van der Waals surface area (Å²) in [5.41, 5.74) is 4.60. The van der Waals surface area contributed by atoms with E-state index in [9.17, 15) is 0 Å². The van der Waals surface area contributed by atoms with Crippen molar-refractivity contribution in [1.29, 1.82) is 0 Å². The maximum absolute atomic E-state index is 5.20. The van der Waals surface area contributed by atoms with Gasteiger partial charge in [0.1, 0.15) is 5.75 Å². The normalized spacial score (nSPS) is 11.0. The molecule has 0 aliphatic carbocycles. The van der Waals surface area contributed by atoms with Crippen molar-refractivity contribution in [2.45, 2.75) is 0 Å². The van der Waals surface area contributed by atoms with E-state index < -0.39 is 0 Å². The van der Waals surface area contributed by atoms with Gasteiger partial charge < -0.3 is 14.6 Å². The molecule has 3 nitrogen and oxygen atoms in total. The summed E-state index contributed by atoms with van der Waals surface area (Å²) in [6, 6.07) is 23.0. The van der Waals surface area contributed by atoms with Crippen molar-refractivity contribution in [3.8, 4) is 5.75 Å². The van der Waals surface area contributed by atoms with Crippen LogP contribution in [-0.4, -0.2) is 11.7 Å². The highest BCUT2D eigenvalue weighted by Crippen LogP contribution is 2.31. The van der Waals surface area contributed by atoms with Gasteiger partial charge >= 0.3 is 0 Å². The number of hydrogen-bond acceptors (Lipinski definition) is 2. The number of rotatable bonds is 3. The van der Waals surface area contributed by atoms with Gasteiger partial charge in [0.15, 0.2) is 0 Å². The van der Waals surface area contributed by atoms with Crippen LogP contribution >= 0.6 is 0 Å². The molecule has 0 saturated carbocycles. The Labute approximate surface area is 135 Å². The number of nitrogens with one attached hydrogen (secondary N) is 1. The Morgan fingerprint density at radius 1 is 0.783 bits per heavy atom. The minimum atomic E-state index is 0.861. The van der Waals surface area contributed by atoms with Crippen molar-refractivity contribution >= 4 is 33.2 Å². The van der Waals surface area contributed by atoms with Crippen LogP contribution in [0.5, 0.6) is 5.75 Å². The molecule has 0 aliphatic heterocycles. The molecule has 0 fully saturated rings. The van der Waals surface area contributed by atoms with Crippen LogP contribution in [0, 0.1) is 0 Å². The minimum Gasteiger partial charge on any atom is -0.497 e. The summed E-state index contributed by atoms with van der Waals surface area (Å²) in [5.74, 6) is 0.861. The Morgan fingerprint density at radius 3 is 2.26 bits per heavy atom. The summed E-state index contributed by atoms with van der Waals surface area (Å²) in [6.07, 6.45) is 0. The predicted molar refractivity (Wildman–Crippen MR) is 96.7 cm³/mol. The molecule has 0 aliphatic rings. The SMILES string of the molecule is COc1ccc(Nc2ccc3c4ccccc4n(C)c3c2)cc1. The van der Waals surface area contributed by atoms with Crippen molar-refractivity contribution in [2.24, 2.45) is 7.05 Å². The minimum absolute atomic E-state index is 0.861. The van der Waals surface area contributed by atoms with Gasteiger partial charge in [-0.15, -0.1) is 0 Å². The zero-order valence-corrected chi connectivity index (χ0v) is 13.2.